The van der Waals surface area contributed by atoms with Crippen LogP contribution in [-0.4, -0.2) is 23.3 Å². The highest BCUT2D eigenvalue weighted by Crippen LogP contribution is 2.56. The first-order chi connectivity index (χ1) is 9.61. The maximum absolute atomic E-state index is 12.7. The summed E-state index contributed by atoms with van der Waals surface area (Å²) in [6.07, 6.45) is -0.353. The van der Waals surface area contributed by atoms with Crippen LogP contribution in [0.4, 0.5) is 10.5 Å². The fourth-order valence-electron chi connectivity index (χ4n) is 2.92. The Morgan fingerprint density at radius 3 is 2.67 bits per heavy atom. The van der Waals surface area contributed by atoms with Crippen molar-refractivity contribution in [3.05, 3.63) is 28.8 Å². The molecule has 2 aliphatic rings. The van der Waals surface area contributed by atoms with E-state index in [9.17, 15) is 4.79 Å². The van der Waals surface area contributed by atoms with E-state index in [2.05, 4.69) is 0 Å². The molecule has 2 unspecified atom stereocenters. The summed E-state index contributed by atoms with van der Waals surface area (Å²) in [4.78, 5) is 14.3. The predicted molar refractivity (Wildman–Crippen MR) is 81.9 cm³/mol. The summed E-state index contributed by atoms with van der Waals surface area (Å²) in [6, 6.07) is 5.52. The minimum absolute atomic E-state index is 0.0176. The number of rotatable bonds is 0. The fourth-order valence-corrected chi connectivity index (χ4v) is 3.10. The van der Waals surface area contributed by atoms with Crippen molar-refractivity contribution in [1.82, 2.24) is 0 Å². The van der Waals surface area contributed by atoms with Gasteiger partial charge < -0.3 is 9.47 Å². The topological polar surface area (TPSA) is 42.1 Å². The lowest BCUT2D eigenvalue weighted by molar-refractivity contribution is 0.0533. The van der Waals surface area contributed by atoms with Gasteiger partial charge in [-0.15, -0.1) is 0 Å². The minimum Gasteiger partial charge on any atom is -0.443 e. The van der Waals surface area contributed by atoms with E-state index in [1.165, 1.54) is 0 Å². The number of carbonyl (C=O) groups is 1. The molecule has 1 amide bonds. The zero-order valence-electron chi connectivity index (χ0n) is 12.9. The summed E-state index contributed by atoms with van der Waals surface area (Å²) in [5, 5.41) is 0.645. The van der Waals surface area contributed by atoms with Crippen LogP contribution in [0.15, 0.2) is 18.2 Å². The number of ether oxygens (including phenoxy) is 2. The van der Waals surface area contributed by atoms with Crippen LogP contribution in [0.1, 0.15) is 46.3 Å². The molecule has 0 aromatic heterocycles. The molecule has 1 saturated heterocycles. The van der Waals surface area contributed by atoms with Crippen LogP contribution < -0.4 is 4.90 Å². The molecule has 0 aliphatic carbocycles. The van der Waals surface area contributed by atoms with E-state index in [1.807, 2.05) is 46.8 Å². The van der Waals surface area contributed by atoms with Gasteiger partial charge in [0.2, 0.25) is 0 Å². The first-order valence-electron chi connectivity index (χ1n) is 7.09. The van der Waals surface area contributed by atoms with Gasteiger partial charge in [-0.25, -0.2) is 4.79 Å². The van der Waals surface area contributed by atoms with Gasteiger partial charge in [-0.1, -0.05) is 11.6 Å². The lowest BCUT2D eigenvalue weighted by Crippen LogP contribution is -2.55. The van der Waals surface area contributed by atoms with Crippen molar-refractivity contribution < 1.29 is 14.3 Å². The molecule has 2 heterocycles. The predicted octanol–water partition coefficient (Wildman–Crippen LogP) is 4.31. The van der Waals surface area contributed by atoms with E-state index in [1.54, 1.807) is 11.0 Å². The standard InChI is InChI=1S/C16H20ClNO3/c1-15(2,3)21-14(19)18-11-7-6-9(17)8-10(11)12-13(20-12)16(18,4)5/h6-8,12-13H,1-5H3. The molecule has 0 spiro atoms. The zero-order valence-corrected chi connectivity index (χ0v) is 13.7. The number of epoxide rings is 1. The SMILES string of the molecule is CC(C)(C)OC(=O)N1c2ccc(Cl)cc2C2OC2C1(C)C. The van der Waals surface area contributed by atoms with Gasteiger partial charge in [-0.05, 0) is 52.8 Å². The van der Waals surface area contributed by atoms with Crippen molar-refractivity contribution in [2.75, 3.05) is 4.90 Å². The van der Waals surface area contributed by atoms with Crippen molar-refractivity contribution in [3.8, 4) is 0 Å². The number of nitrogens with zero attached hydrogens (tertiary/aromatic N) is 1. The van der Waals surface area contributed by atoms with Gasteiger partial charge in [-0.3, -0.25) is 4.90 Å². The van der Waals surface area contributed by atoms with E-state index in [0.717, 1.165) is 11.3 Å². The Morgan fingerprint density at radius 1 is 1.38 bits per heavy atom. The Labute approximate surface area is 130 Å². The normalized spacial score (nSPS) is 25.9. The monoisotopic (exact) mass is 309 g/mol. The van der Waals surface area contributed by atoms with Crippen LogP contribution in [0, 0.1) is 0 Å². The molecule has 4 nitrogen and oxygen atoms in total. The largest absolute Gasteiger partial charge is 0.443 e. The number of hydrogen-bond donors (Lipinski definition) is 0. The highest BCUT2D eigenvalue weighted by molar-refractivity contribution is 6.30. The number of benzene rings is 1. The maximum atomic E-state index is 12.7. The second-order valence-corrected chi connectivity index (χ2v) is 7.59. The molecular formula is C16H20ClNO3. The van der Waals surface area contributed by atoms with Crippen molar-refractivity contribution in [2.24, 2.45) is 0 Å². The van der Waals surface area contributed by atoms with E-state index in [0.29, 0.717) is 5.02 Å². The maximum Gasteiger partial charge on any atom is 0.415 e. The average Bonchev–Trinajstić information content (AvgIpc) is 3.08. The van der Waals surface area contributed by atoms with E-state index < -0.39 is 11.1 Å². The third-order valence-corrected chi connectivity index (χ3v) is 4.11. The molecule has 2 aliphatic heterocycles. The summed E-state index contributed by atoms with van der Waals surface area (Å²) in [5.41, 5.74) is 0.782. The molecule has 114 valence electrons. The van der Waals surface area contributed by atoms with Gasteiger partial charge in [-0.2, -0.15) is 0 Å². The molecule has 1 aromatic carbocycles. The zero-order chi connectivity index (χ0) is 15.6. The van der Waals surface area contributed by atoms with Crippen LogP contribution in [-0.2, 0) is 9.47 Å². The van der Waals surface area contributed by atoms with Crippen molar-refractivity contribution in [3.63, 3.8) is 0 Å². The molecule has 1 aromatic rings. The molecule has 0 bridgehead atoms. The second-order valence-electron chi connectivity index (χ2n) is 7.15. The molecule has 1 fully saturated rings. The molecule has 5 heteroatoms. The lowest BCUT2D eigenvalue weighted by atomic mass is 9.87. The second kappa shape index (κ2) is 4.37. The minimum atomic E-state index is -0.541. The smallest absolute Gasteiger partial charge is 0.415 e. The van der Waals surface area contributed by atoms with Gasteiger partial charge in [0.05, 0.1) is 11.2 Å². The Bertz CT molecular complexity index is 606. The number of carbonyl (C=O) groups excluding carboxylic acids is 1. The third-order valence-electron chi connectivity index (χ3n) is 3.88. The van der Waals surface area contributed by atoms with Crippen LogP contribution in [0.2, 0.25) is 5.02 Å². The quantitative estimate of drug-likeness (QED) is 0.670. The summed E-state index contributed by atoms with van der Waals surface area (Å²) >= 11 is 6.08. The number of amides is 1. The van der Waals surface area contributed by atoms with Crippen molar-refractivity contribution >= 4 is 23.4 Å². The summed E-state index contributed by atoms with van der Waals surface area (Å²) in [6.45, 7) is 9.58. The van der Waals surface area contributed by atoms with Crippen LogP contribution in [0.5, 0.6) is 0 Å². The van der Waals surface area contributed by atoms with Gasteiger partial charge in [0.15, 0.2) is 0 Å². The number of halogens is 1. The van der Waals surface area contributed by atoms with Crippen LogP contribution in [0.3, 0.4) is 0 Å². The van der Waals surface area contributed by atoms with E-state index in [-0.39, 0.29) is 18.3 Å². The number of hydrogen-bond acceptors (Lipinski definition) is 3. The van der Waals surface area contributed by atoms with Crippen molar-refractivity contribution in [1.29, 1.82) is 0 Å². The lowest BCUT2D eigenvalue weighted by Gasteiger charge is -2.41. The molecule has 0 radical (unpaired) electrons. The Morgan fingerprint density at radius 2 is 2.05 bits per heavy atom. The fraction of sp³-hybridized carbons (Fsp3) is 0.562. The summed E-state index contributed by atoms with van der Waals surface area (Å²) in [5.74, 6) is 0. The highest BCUT2D eigenvalue weighted by atomic mass is 35.5. The van der Waals surface area contributed by atoms with Crippen molar-refractivity contribution in [2.45, 2.75) is 58.0 Å². The van der Waals surface area contributed by atoms with Crippen LogP contribution in [0.25, 0.3) is 0 Å². The van der Waals surface area contributed by atoms with E-state index in [4.69, 9.17) is 21.1 Å². The van der Waals surface area contributed by atoms with Gasteiger partial charge in [0, 0.05) is 10.6 Å². The summed E-state index contributed by atoms with van der Waals surface area (Å²) in [7, 11) is 0. The molecule has 3 rings (SSSR count). The molecular weight excluding hydrogens is 290 g/mol. The summed E-state index contributed by atoms with van der Waals surface area (Å²) < 4.78 is 11.3. The molecule has 21 heavy (non-hydrogen) atoms. The Kier molecular flexibility index (Phi) is 3.05. The molecule has 2 atom stereocenters. The van der Waals surface area contributed by atoms with Gasteiger partial charge >= 0.3 is 6.09 Å². The first kappa shape index (κ1) is 14.7. The van der Waals surface area contributed by atoms with Gasteiger partial charge in [0.1, 0.15) is 17.8 Å². The van der Waals surface area contributed by atoms with Gasteiger partial charge in [0.25, 0.3) is 0 Å². The van der Waals surface area contributed by atoms with E-state index >= 15 is 0 Å². The van der Waals surface area contributed by atoms with Crippen LogP contribution >= 0.6 is 11.6 Å². The Hall–Kier alpha value is -1.26. The molecule has 0 N–H and O–H groups in total. The number of anilines is 1. The highest BCUT2D eigenvalue weighted by Gasteiger charge is 2.60. The first-order valence-corrected chi connectivity index (χ1v) is 7.47. The third kappa shape index (κ3) is 2.40. The average molecular weight is 310 g/mol. The molecule has 0 saturated carbocycles. The Balaban J connectivity index is 2.04. The number of fused-ring (bicyclic) bond motifs is 3.